The quantitative estimate of drug-likeness (QED) is 0.775. The number of nitrogens with two attached hydrogens (primary N) is 1. The van der Waals surface area contributed by atoms with Crippen LogP contribution in [0.4, 0.5) is 0 Å². The molecule has 1 aromatic heterocycles. The number of nitrogens with zero attached hydrogens (tertiary/aromatic N) is 2. The number of aryl methyl sites for hydroxylation is 1. The van der Waals surface area contributed by atoms with Gasteiger partial charge in [-0.2, -0.15) is 0 Å². The Balaban J connectivity index is 2.31. The van der Waals surface area contributed by atoms with E-state index in [1.807, 2.05) is 6.92 Å². The summed E-state index contributed by atoms with van der Waals surface area (Å²) in [4.78, 5) is 6.66. The predicted octanol–water partition coefficient (Wildman–Crippen LogP) is 1.23. The zero-order chi connectivity index (χ0) is 9.68. The number of aromatic nitrogens is 1. The first-order valence-electron chi connectivity index (χ1n) is 4.52. The monoisotopic (exact) mass is 199 g/mol. The smallest absolute Gasteiger partial charge is 0.107 e. The Bertz CT molecular complexity index is 247. The second-order valence-corrected chi connectivity index (χ2v) is 4.21. The first-order valence-corrected chi connectivity index (χ1v) is 5.40. The average Bonchev–Trinajstić information content (AvgIpc) is 2.48. The van der Waals surface area contributed by atoms with Gasteiger partial charge in [-0.3, -0.25) is 4.90 Å². The van der Waals surface area contributed by atoms with Crippen LogP contribution in [0.3, 0.4) is 0 Å². The Kier molecular flexibility index (Phi) is 4.35. The zero-order valence-corrected chi connectivity index (χ0v) is 9.10. The van der Waals surface area contributed by atoms with E-state index in [9.17, 15) is 0 Å². The minimum atomic E-state index is 0.765. The molecule has 3 nitrogen and oxygen atoms in total. The molecule has 0 fully saturated rings. The van der Waals surface area contributed by atoms with E-state index in [1.54, 1.807) is 11.3 Å². The van der Waals surface area contributed by atoms with Crippen LogP contribution in [0.25, 0.3) is 0 Å². The van der Waals surface area contributed by atoms with Crippen molar-refractivity contribution in [1.29, 1.82) is 0 Å². The van der Waals surface area contributed by atoms with Crippen molar-refractivity contribution >= 4 is 11.3 Å². The van der Waals surface area contributed by atoms with Crippen molar-refractivity contribution in [2.75, 3.05) is 20.1 Å². The van der Waals surface area contributed by atoms with Gasteiger partial charge in [0.1, 0.15) is 5.01 Å². The van der Waals surface area contributed by atoms with Crippen LogP contribution in [0.15, 0.2) is 5.38 Å². The third kappa shape index (κ3) is 3.85. The number of rotatable bonds is 5. The minimum absolute atomic E-state index is 0.765. The van der Waals surface area contributed by atoms with E-state index >= 15 is 0 Å². The lowest BCUT2D eigenvalue weighted by Crippen LogP contribution is -2.21. The van der Waals surface area contributed by atoms with Crippen LogP contribution in [0.1, 0.15) is 17.1 Å². The fourth-order valence-electron chi connectivity index (χ4n) is 1.15. The Morgan fingerprint density at radius 2 is 2.38 bits per heavy atom. The molecular weight excluding hydrogens is 182 g/mol. The molecule has 0 bridgehead atoms. The van der Waals surface area contributed by atoms with Crippen LogP contribution in [0.2, 0.25) is 0 Å². The standard InChI is InChI=1S/C9H17N3S/c1-8-7-13-9(11-8)6-12(2)5-3-4-10/h7H,3-6,10H2,1-2H3. The maximum absolute atomic E-state index is 5.43. The number of thiazole rings is 1. The van der Waals surface area contributed by atoms with Gasteiger partial charge in [0.25, 0.3) is 0 Å². The maximum atomic E-state index is 5.43. The molecule has 1 rings (SSSR count). The van der Waals surface area contributed by atoms with Crippen molar-refractivity contribution in [2.24, 2.45) is 5.73 Å². The van der Waals surface area contributed by atoms with E-state index in [0.717, 1.165) is 31.7 Å². The van der Waals surface area contributed by atoms with Gasteiger partial charge < -0.3 is 5.73 Å². The summed E-state index contributed by atoms with van der Waals surface area (Å²) >= 11 is 1.73. The molecule has 0 spiro atoms. The highest BCUT2D eigenvalue weighted by Gasteiger charge is 2.02. The molecule has 74 valence electrons. The molecule has 0 aromatic carbocycles. The summed E-state index contributed by atoms with van der Waals surface area (Å²) in [6.45, 7) is 4.79. The van der Waals surface area contributed by atoms with Crippen LogP contribution < -0.4 is 5.73 Å². The van der Waals surface area contributed by atoms with E-state index in [2.05, 4.69) is 22.3 Å². The summed E-state index contributed by atoms with van der Waals surface area (Å²) in [6.07, 6.45) is 1.06. The minimum Gasteiger partial charge on any atom is -0.330 e. The summed E-state index contributed by atoms with van der Waals surface area (Å²) in [6, 6.07) is 0. The van der Waals surface area contributed by atoms with Crippen molar-refractivity contribution in [3.8, 4) is 0 Å². The first kappa shape index (κ1) is 10.6. The van der Waals surface area contributed by atoms with Crippen molar-refractivity contribution in [1.82, 2.24) is 9.88 Å². The molecule has 13 heavy (non-hydrogen) atoms. The third-order valence-electron chi connectivity index (χ3n) is 1.82. The number of hydrogen-bond acceptors (Lipinski definition) is 4. The molecule has 0 amide bonds. The fourth-order valence-corrected chi connectivity index (χ4v) is 2.00. The maximum Gasteiger partial charge on any atom is 0.107 e. The van der Waals surface area contributed by atoms with Gasteiger partial charge in [-0.1, -0.05) is 0 Å². The van der Waals surface area contributed by atoms with E-state index in [1.165, 1.54) is 5.01 Å². The molecule has 1 aromatic rings. The van der Waals surface area contributed by atoms with Crippen LogP contribution >= 0.6 is 11.3 Å². The highest BCUT2D eigenvalue weighted by atomic mass is 32.1. The Morgan fingerprint density at radius 3 is 2.92 bits per heavy atom. The Hall–Kier alpha value is -0.450. The van der Waals surface area contributed by atoms with E-state index in [-0.39, 0.29) is 0 Å². The van der Waals surface area contributed by atoms with Gasteiger partial charge in [-0.15, -0.1) is 11.3 Å². The molecule has 0 saturated heterocycles. The topological polar surface area (TPSA) is 42.1 Å². The van der Waals surface area contributed by atoms with Crippen molar-refractivity contribution in [2.45, 2.75) is 19.9 Å². The number of hydrogen-bond donors (Lipinski definition) is 1. The lowest BCUT2D eigenvalue weighted by atomic mass is 10.4. The van der Waals surface area contributed by atoms with Gasteiger partial charge in [0.15, 0.2) is 0 Å². The second-order valence-electron chi connectivity index (χ2n) is 3.26. The summed E-state index contributed by atoms with van der Waals surface area (Å²) < 4.78 is 0. The highest BCUT2D eigenvalue weighted by Crippen LogP contribution is 2.10. The zero-order valence-electron chi connectivity index (χ0n) is 8.29. The van der Waals surface area contributed by atoms with Crippen LogP contribution in [0.5, 0.6) is 0 Å². The van der Waals surface area contributed by atoms with Gasteiger partial charge >= 0.3 is 0 Å². The van der Waals surface area contributed by atoms with E-state index in [4.69, 9.17) is 5.73 Å². The van der Waals surface area contributed by atoms with Crippen molar-refractivity contribution < 1.29 is 0 Å². The largest absolute Gasteiger partial charge is 0.330 e. The molecule has 0 atom stereocenters. The van der Waals surface area contributed by atoms with Crippen molar-refractivity contribution in [3.05, 3.63) is 16.1 Å². The van der Waals surface area contributed by atoms with Crippen molar-refractivity contribution in [3.63, 3.8) is 0 Å². The van der Waals surface area contributed by atoms with Crippen LogP contribution in [0, 0.1) is 6.92 Å². The first-order chi connectivity index (χ1) is 6.22. The highest BCUT2D eigenvalue weighted by molar-refractivity contribution is 7.09. The fraction of sp³-hybridized carbons (Fsp3) is 0.667. The molecule has 2 N–H and O–H groups in total. The molecule has 0 unspecified atom stereocenters. The Labute approximate surface area is 83.6 Å². The molecule has 0 aliphatic heterocycles. The second kappa shape index (κ2) is 5.32. The summed E-state index contributed by atoms with van der Waals surface area (Å²) in [5, 5.41) is 3.28. The molecule has 4 heteroatoms. The van der Waals surface area contributed by atoms with Gasteiger partial charge in [-0.25, -0.2) is 4.98 Å². The van der Waals surface area contributed by atoms with Crippen LogP contribution in [-0.2, 0) is 6.54 Å². The molecule has 0 aliphatic rings. The summed E-state index contributed by atoms with van der Waals surface area (Å²) in [5.41, 5.74) is 6.55. The summed E-state index contributed by atoms with van der Waals surface area (Å²) in [7, 11) is 2.10. The van der Waals surface area contributed by atoms with Gasteiger partial charge in [0.05, 0.1) is 6.54 Å². The van der Waals surface area contributed by atoms with E-state index < -0.39 is 0 Å². The normalized spacial score (nSPS) is 11.1. The van der Waals surface area contributed by atoms with Gasteiger partial charge in [0.2, 0.25) is 0 Å². The van der Waals surface area contributed by atoms with Crippen LogP contribution in [-0.4, -0.2) is 30.0 Å². The average molecular weight is 199 g/mol. The van der Waals surface area contributed by atoms with Gasteiger partial charge in [0, 0.05) is 11.1 Å². The molecule has 1 heterocycles. The molecule has 0 aliphatic carbocycles. The van der Waals surface area contributed by atoms with E-state index in [0.29, 0.717) is 0 Å². The Morgan fingerprint density at radius 1 is 1.62 bits per heavy atom. The lowest BCUT2D eigenvalue weighted by molar-refractivity contribution is 0.323. The molecular formula is C9H17N3S. The predicted molar refractivity (Wildman–Crippen MR) is 56.9 cm³/mol. The summed E-state index contributed by atoms with van der Waals surface area (Å²) in [5.74, 6) is 0. The lowest BCUT2D eigenvalue weighted by Gasteiger charge is -2.13. The third-order valence-corrected chi connectivity index (χ3v) is 2.77. The SMILES string of the molecule is Cc1csc(CN(C)CCCN)n1. The molecule has 0 saturated carbocycles. The van der Waals surface area contributed by atoms with Gasteiger partial charge in [-0.05, 0) is 33.5 Å². The molecule has 0 radical (unpaired) electrons.